The molecule has 0 saturated carbocycles. The number of rotatable bonds is 5. The van der Waals surface area contributed by atoms with Crippen molar-refractivity contribution in [2.45, 2.75) is 26.8 Å². The Morgan fingerprint density at radius 1 is 1.36 bits per heavy atom. The molecule has 0 bridgehead atoms. The van der Waals surface area contributed by atoms with Crippen molar-refractivity contribution < 1.29 is 18.7 Å². The van der Waals surface area contributed by atoms with Gasteiger partial charge in [-0.05, 0) is 32.9 Å². The van der Waals surface area contributed by atoms with E-state index in [1.165, 1.54) is 11.7 Å². The van der Waals surface area contributed by atoms with Crippen LogP contribution in [0.15, 0.2) is 27.9 Å². The summed E-state index contributed by atoms with van der Waals surface area (Å²) in [6.07, 6.45) is 0. The molecule has 0 unspecified atom stereocenters. The van der Waals surface area contributed by atoms with Crippen molar-refractivity contribution in [1.82, 2.24) is 4.57 Å². The Morgan fingerprint density at radius 3 is 2.59 bits per heavy atom. The van der Waals surface area contributed by atoms with Crippen molar-refractivity contribution in [3.8, 4) is 0 Å². The molecule has 22 heavy (non-hydrogen) atoms. The maximum atomic E-state index is 12.0. The highest BCUT2D eigenvalue weighted by molar-refractivity contribution is 5.98. The van der Waals surface area contributed by atoms with Gasteiger partial charge >= 0.3 is 11.7 Å². The number of fused-ring (bicyclic) bond motifs is 1. The number of esters is 1. The van der Waals surface area contributed by atoms with Crippen LogP contribution < -0.4 is 5.76 Å². The smallest absolute Gasteiger partial charge is 0.420 e. The van der Waals surface area contributed by atoms with E-state index in [4.69, 9.17) is 13.9 Å². The minimum absolute atomic E-state index is 0.0970. The summed E-state index contributed by atoms with van der Waals surface area (Å²) in [7, 11) is 1.30. The minimum atomic E-state index is -0.526. The molecule has 0 atom stereocenters. The second kappa shape index (κ2) is 6.09. The van der Waals surface area contributed by atoms with E-state index >= 15 is 0 Å². The van der Waals surface area contributed by atoms with Gasteiger partial charge in [0.25, 0.3) is 0 Å². The van der Waals surface area contributed by atoms with Crippen LogP contribution in [0, 0.1) is 0 Å². The molecule has 6 nitrogen and oxygen atoms in total. The van der Waals surface area contributed by atoms with Crippen molar-refractivity contribution in [2.75, 3.05) is 13.7 Å². The number of methoxy groups -OCH3 is 1. The van der Waals surface area contributed by atoms with Gasteiger partial charge in [-0.1, -0.05) is 6.58 Å². The molecule has 0 aliphatic heterocycles. The summed E-state index contributed by atoms with van der Waals surface area (Å²) >= 11 is 0. The van der Waals surface area contributed by atoms with Gasteiger partial charge in [-0.15, -0.1) is 0 Å². The first-order valence-corrected chi connectivity index (χ1v) is 7.00. The Kier molecular flexibility index (Phi) is 4.40. The Labute approximate surface area is 127 Å². The molecule has 1 aromatic carbocycles. The molecule has 0 aliphatic rings. The highest BCUT2D eigenvalue weighted by Gasteiger charge is 2.21. The number of hydrogen-bond donors (Lipinski definition) is 0. The highest BCUT2D eigenvalue weighted by Crippen LogP contribution is 2.27. The maximum Gasteiger partial charge on any atom is 0.420 e. The number of hydrogen-bond acceptors (Lipinski definition) is 5. The average molecular weight is 305 g/mol. The standard InChI is InChI=1S/C16H19NO5/c1-6-21-10(4)11-8-14-13(7-12(11)15(18)20-5)17(9(2)3)16(19)22-14/h7-9H,4,6H2,1-3,5H3. The number of carbonyl (C=O) groups excluding carboxylic acids is 1. The van der Waals surface area contributed by atoms with Gasteiger partial charge < -0.3 is 13.9 Å². The van der Waals surface area contributed by atoms with E-state index in [-0.39, 0.29) is 11.6 Å². The molecular formula is C16H19NO5. The van der Waals surface area contributed by atoms with Gasteiger partial charge in [0.1, 0.15) is 5.76 Å². The number of ether oxygens (including phenoxy) is 2. The van der Waals surface area contributed by atoms with Gasteiger partial charge in [-0.25, -0.2) is 9.59 Å². The van der Waals surface area contributed by atoms with Crippen molar-refractivity contribution in [1.29, 1.82) is 0 Å². The van der Waals surface area contributed by atoms with E-state index in [1.807, 2.05) is 20.8 Å². The lowest BCUT2D eigenvalue weighted by atomic mass is 10.0. The van der Waals surface area contributed by atoms with Crippen LogP contribution in [0.1, 0.15) is 42.7 Å². The van der Waals surface area contributed by atoms with Crippen LogP contribution in [0.3, 0.4) is 0 Å². The summed E-state index contributed by atoms with van der Waals surface area (Å²) in [5.41, 5.74) is 1.64. The van der Waals surface area contributed by atoms with E-state index in [0.29, 0.717) is 29.0 Å². The molecule has 0 fully saturated rings. The fourth-order valence-corrected chi connectivity index (χ4v) is 2.33. The van der Waals surface area contributed by atoms with Crippen molar-refractivity contribution in [3.05, 3.63) is 40.4 Å². The van der Waals surface area contributed by atoms with E-state index in [0.717, 1.165) is 0 Å². The largest absolute Gasteiger partial charge is 0.494 e. The van der Waals surface area contributed by atoms with Gasteiger partial charge in [-0.2, -0.15) is 0 Å². The normalized spacial score (nSPS) is 11.0. The quantitative estimate of drug-likeness (QED) is 0.627. The third kappa shape index (κ3) is 2.64. The van der Waals surface area contributed by atoms with Gasteiger partial charge in [-0.3, -0.25) is 4.57 Å². The first-order chi connectivity index (χ1) is 10.4. The topological polar surface area (TPSA) is 70.7 Å². The van der Waals surface area contributed by atoms with Crippen molar-refractivity contribution >= 4 is 22.8 Å². The van der Waals surface area contributed by atoms with E-state index in [2.05, 4.69) is 6.58 Å². The second-order valence-electron chi connectivity index (χ2n) is 5.05. The molecule has 0 aliphatic carbocycles. The van der Waals surface area contributed by atoms with Crippen molar-refractivity contribution in [2.24, 2.45) is 0 Å². The van der Waals surface area contributed by atoms with Crippen LogP contribution in [-0.2, 0) is 9.47 Å². The second-order valence-corrected chi connectivity index (χ2v) is 5.05. The maximum absolute atomic E-state index is 12.0. The lowest BCUT2D eigenvalue weighted by Crippen LogP contribution is -2.16. The van der Waals surface area contributed by atoms with E-state index in [1.54, 1.807) is 12.1 Å². The summed E-state index contributed by atoms with van der Waals surface area (Å²) in [6, 6.07) is 3.06. The number of benzene rings is 1. The average Bonchev–Trinajstić information content (AvgIpc) is 2.80. The predicted molar refractivity (Wildman–Crippen MR) is 82.9 cm³/mol. The van der Waals surface area contributed by atoms with Crippen molar-refractivity contribution in [3.63, 3.8) is 0 Å². The summed E-state index contributed by atoms with van der Waals surface area (Å²) in [5, 5.41) is 0. The zero-order valence-corrected chi connectivity index (χ0v) is 13.1. The molecule has 0 amide bonds. The first kappa shape index (κ1) is 15.9. The molecule has 6 heteroatoms. The Morgan fingerprint density at radius 2 is 2.05 bits per heavy atom. The summed E-state index contributed by atoms with van der Waals surface area (Å²) < 4.78 is 16.9. The molecule has 2 rings (SSSR count). The Bertz CT molecular complexity index is 782. The van der Waals surface area contributed by atoms with Gasteiger partial charge in [0, 0.05) is 11.6 Å². The van der Waals surface area contributed by atoms with E-state index in [9.17, 15) is 9.59 Å². The number of nitrogens with zero attached hydrogens (tertiary/aromatic N) is 1. The monoisotopic (exact) mass is 305 g/mol. The minimum Gasteiger partial charge on any atom is -0.494 e. The van der Waals surface area contributed by atoms with Crippen LogP contribution in [0.2, 0.25) is 0 Å². The molecule has 0 N–H and O–H groups in total. The van der Waals surface area contributed by atoms with Gasteiger partial charge in [0.15, 0.2) is 5.58 Å². The van der Waals surface area contributed by atoms with Crippen LogP contribution in [0.5, 0.6) is 0 Å². The molecule has 1 aromatic heterocycles. The lowest BCUT2D eigenvalue weighted by molar-refractivity contribution is 0.0600. The third-order valence-corrected chi connectivity index (χ3v) is 3.29. The number of oxazole rings is 1. The van der Waals surface area contributed by atoms with E-state index < -0.39 is 11.7 Å². The Balaban J connectivity index is 2.77. The highest BCUT2D eigenvalue weighted by atomic mass is 16.5. The fraction of sp³-hybridized carbons (Fsp3) is 0.375. The number of aromatic nitrogens is 1. The zero-order valence-electron chi connectivity index (χ0n) is 13.1. The SMILES string of the molecule is C=C(OCC)c1cc2oc(=O)n(C(C)C)c2cc1C(=O)OC. The summed E-state index contributed by atoms with van der Waals surface area (Å²) in [5.74, 6) is -0.675. The van der Waals surface area contributed by atoms with Crippen LogP contribution in [0.4, 0.5) is 0 Å². The molecule has 2 aromatic rings. The molecule has 0 spiro atoms. The van der Waals surface area contributed by atoms with Gasteiger partial charge in [0.05, 0.1) is 24.8 Å². The van der Waals surface area contributed by atoms with Gasteiger partial charge in [0.2, 0.25) is 0 Å². The van der Waals surface area contributed by atoms with Crippen LogP contribution >= 0.6 is 0 Å². The molecular weight excluding hydrogens is 286 g/mol. The Hall–Kier alpha value is -2.50. The summed E-state index contributed by atoms with van der Waals surface area (Å²) in [6.45, 7) is 9.76. The molecule has 1 heterocycles. The first-order valence-electron chi connectivity index (χ1n) is 7.00. The fourth-order valence-electron chi connectivity index (χ4n) is 2.33. The third-order valence-electron chi connectivity index (χ3n) is 3.29. The van der Waals surface area contributed by atoms with Crippen LogP contribution in [-0.4, -0.2) is 24.3 Å². The zero-order chi connectivity index (χ0) is 16.4. The summed E-state index contributed by atoms with van der Waals surface area (Å²) in [4.78, 5) is 24.0. The predicted octanol–water partition coefficient (Wildman–Crippen LogP) is 2.97. The molecule has 0 radical (unpaired) electrons. The molecule has 118 valence electrons. The molecule has 0 saturated heterocycles. The lowest BCUT2D eigenvalue weighted by Gasteiger charge is -2.12. The van der Waals surface area contributed by atoms with Crippen LogP contribution in [0.25, 0.3) is 16.9 Å². The number of carbonyl (C=O) groups is 1.